The van der Waals surface area contributed by atoms with Crippen molar-refractivity contribution in [2.75, 3.05) is 13.4 Å². The van der Waals surface area contributed by atoms with Crippen LogP contribution >= 0.6 is 25.3 Å². The molecule has 0 aromatic heterocycles. The second kappa shape index (κ2) is 5.21. The summed E-state index contributed by atoms with van der Waals surface area (Å²) in [6, 6.07) is 5.74. The van der Waals surface area contributed by atoms with E-state index < -0.39 is 0 Å². The van der Waals surface area contributed by atoms with Crippen LogP contribution in [0.5, 0.6) is 11.5 Å². The molecule has 5 heteroatoms. The van der Waals surface area contributed by atoms with E-state index in [1.165, 1.54) is 0 Å². The van der Waals surface area contributed by atoms with Crippen LogP contribution in [-0.2, 0) is 0 Å². The molecule has 1 heterocycles. The van der Waals surface area contributed by atoms with Crippen LogP contribution in [0.3, 0.4) is 0 Å². The van der Waals surface area contributed by atoms with E-state index in [2.05, 4.69) is 25.3 Å². The Labute approximate surface area is 106 Å². The molecule has 0 radical (unpaired) electrons. The van der Waals surface area contributed by atoms with Gasteiger partial charge in [0.2, 0.25) is 6.79 Å². The van der Waals surface area contributed by atoms with E-state index >= 15 is 0 Å². The average molecular weight is 258 g/mol. The Balaban J connectivity index is 2.14. The summed E-state index contributed by atoms with van der Waals surface area (Å²) in [7, 11) is 0. The maximum absolute atomic E-state index is 8.86. The van der Waals surface area contributed by atoms with Crippen LogP contribution in [0, 0.1) is 0 Å². The molecule has 0 spiro atoms. The second-order valence-corrected chi connectivity index (χ2v) is 4.86. The van der Waals surface area contributed by atoms with Crippen molar-refractivity contribution in [2.24, 2.45) is 0 Å². The fourth-order valence-electron chi connectivity index (χ4n) is 1.61. The van der Waals surface area contributed by atoms with Gasteiger partial charge in [0.1, 0.15) is 0 Å². The quantitative estimate of drug-likeness (QED) is 0.724. The third-order valence-electron chi connectivity index (χ3n) is 2.53. The first-order chi connectivity index (χ1) is 7.72. The molecular weight excluding hydrogens is 244 g/mol. The van der Waals surface area contributed by atoms with E-state index in [-0.39, 0.29) is 23.9 Å². The first-order valence-corrected chi connectivity index (χ1v) is 6.12. The molecule has 0 aliphatic carbocycles. The van der Waals surface area contributed by atoms with Crippen LogP contribution in [0.2, 0.25) is 0 Å². The monoisotopic (exact) mass is 258 g/mol. The van der Waals surface area contributed by atoms with Crippen molar-refractivity contribution in [3.63, 3.8) is 0 Å². The minimum atomic E-state index is -0.0232. The van der Waals surface area contributed by atoms with Gasteiger partial charge >= 0.3 is 0 Å². The molecule has 0 amide bonds. The summed E-state index contributed by atoms with van der Waals surface area (Å²) in [5.41, 5.74) is 1.03. The highest BCUT2D eigenvalue weighted by Crippen LogP contribution is 2.37. The molecule has 16 heavy (non-hydrogen) atoms. The molecule has 1 aliphatic heterocycles. The lowest BCUT2D eigenvalue weighted by molar-refractivity contribution is 0.174. The number of hydrogen-bond acceptors (Lipinski definition) is 5. The van der Waals surface area contributed by atoms with Crippen molar-refractivity contribution >= 4 is 25.3 Å². The topological polar surface area (TPSA) is 38.7 Å². The van der Waals surface area contributed by atoms with Gasteiger partial charge in [-0.05, 0) is 24.1 Å². The molecule has 0 fully saturated rings. The molecule has 1 N–H and O–H groups in total. The van der Waals surface area contributed by atoms with Crippen molar-refractivity contribution in [3.8, 4) is 11.5 Å². The molecule has 3 nitrogen and oxygen atoms in total. The van der Waals surface area contributed by atoms with Gasteiger partial charge in [-0.2, -0.15) is 25.3 Å². The number of aliphatic hydroxyl groups is 1. The number of benzene rings is 1. The van der Waals surface area contributed by atoms with Crippen molar-refractivity contribution in [1.29, 1.82) is 0 Å². The van der Waals surface area contributed by atoms with E-state index in [1.807, 2.05) is 18.2 Å². The third kappa shape index (κ3) is 2.42. The zero-order valence-electron chi connectivity index (χ0n) is 8.67. The third-order valence-corrected chi connectivity index (χ3v) is 3.98. The molecule has 0 saturated carbocycles. The normalized spacial score (nSPS) is 17.2. The predicted octanol–water partition coefficient (Wildman–Crippen LogP) is 2.07. The molecule has 1 aromatic rings. The fraction of sp³-hybridized carbons (Fsp3) is 0.455. The van der Waals surface area contributed by atoms with Crippen molar-refractivity contribution in [1.82, 2.24) is 0 Å². The van der Waals surface area contributed by atoms with Crippen LogP contribution in [0.25, 0.3) is 0 Å². The highest BCUT2D eigenvalue weighted by Gasteiger charge is 2.19. The highest BCUT2D eigenvalue weighted by molar-refractivity contribution is 7.85. The van der Waals surface area contributed by atoms with Crippen LogP contribution < -0.4 is 9.47 Å². The Morgan fingerprint density at radius 1 is 1.25 bits per heavy atom. The zero-order valence-corrected chi connectivity index (χ0v) is 10.5. The van der Waals surface area contributed by atoms with Crippen LogP contribution in [-0.4, -0.2) is 23.8 Å². The Morgan fingerprint density at radius 3 is 2.75 bits per heavy atom. The summed E-state index contributed by atoms with van der Waals surface area (Å²) in [5, 5.41) is 8.86. The molecule has 2 atom stereocenters. The standard InChI is InChI=1S/C11H14O3S2/c12-4-3-10(15)11(16)7-1-2-8-9(5-7)14-6-13-8/h1-2,5,10-12,15-16H,3-4,6H2. The van der Waals surface area contributed by atoms with Gasteiger partial charge in [0.15, 0.2) is 11.5 Å². The number of thiol groups is 2. The number of ether oxygens (including phenoxy) is 2. The summed E-state index contributed by atoms with van der Waals surface area (Å²) in [6.45, 7) is 0.396. The highest BCUT2D eigenvalue weighted by atomic mass is 32.1. The second-order valence-electron chi connectivity index (χ2n) is 3.64. The summed E-state index contributed by atoms with van der Waals surface area (Å²) >= 11 is 8.92. The number of fused-ring (bicyclic) bond motifs is 1. The average Bonchev–Trinajstić information content (AvgIpc) is 2.75. The van der Waals surface area contributed by atoms with Gasteiger partial charge in [0, 0.05) is 17.1 Å². The fourth-order valence-corrected chi connectivity index (χ4v) is 2.21. The minimum Gasteiger partial charge on any atom is -0.454 e. The van der Waals surface area contributed by atoms with Gasteiger partial charge in [0.25, 0.3) is 0 Å². The first kappa shape index (κ1) is 12.0. The first-order valence-electron chi connectivity index (χ1n) is 5.09. The Morgan fingerprint density at radius 2 is 2.00 bits per heavy atom. The van der Waals surface area contributed by atoms with Crippen molar-refractivity contribution in [3.05, 3.63) is 23.8 Å². The predicted molar refractivity (Wildman–Crippen MR) is 68.8 cm³/mol. The zero-order chi connectivity index (χ0) is 11.5. The van der Waals surface area contributed by atoms with Crippen molar-refractivity contribution in [2.45, 2.75) is 16.9 Å². The lowest BCUT2D eigenvalue weighted by Crippen LogP contribution is -2.09. The molecule has 0 bridgehead atoms. The SMILES string of the molecule is OCCC(S)C(S)c1ccc2c(c1)OCO2. The molecule has 1 aliphatic rings. The Hall–Kier alpha value is -0.520. The lowest BCUT2D eigenvalue weighted by Gasteiger charge is -2.18. The van der Waals surface area contributed by atoms with E-state index in [0.29, 0.717) is 6.42 Å². The van der Waals surface area contributed by atoms with E-state index in [9.17, 15) is 0 Å². The summed E-state index contributed by atoms with van der Waals surface area (Å²) in [5.74, 6) is 1.52. The van der Waals surface area contributed by atoms with Gasteiger partial charge in [0.05, 0.1) is 0 Å². The smallest absolute Gasteiger partial charge is 0.231 e. The molecule has 88 valence electrons. The molecule has 1 aromatic carbocycles. The Bertz CT molecular complexity index is 370. The summed E-state index contributed by atoms with van der Waals surface area (Å²) in [6.07, 6.45) is 0.617. The minimum absolute atomic E-state index is 0.0219. The van der Waals surface area contributed by atoms with Gasteiger partial charge < -0.3 is 14.6 Å². The number of aliphatic hydroxyl groups excluding tert-OH is 1. The van der Waals surface area contributed by atoms with Crippen LogP contribution in [0.15, 0.2) is 18.2 Å². The maximum atomic E-state index is 8.86. The lowest BCUT2D eigenvalue weighted by atomic mass is 10.1. The van der Waals surface area contributed by atoms with Crippen molar-refractivity contribution < 1.29 is 14.6 Å². The van der Waals surface area contributed by atoms with E-state index in [1.54, 1.807) is 0 Å². The number of rotatable bonds is 4. The molecule has 0 saturated heterocycles. The largest absolute Gasteiger partial charge is 0.454 e. The molecular formula is C11H14O3S2. The Kier molecular flexibility index (Phi) is 3.89. The van der Waals surface area contributed by atoms with Gasteiger partial charge in [-0.15, -0.1) is 0 Å². The van der Waals surface area contributed by atoms with Gasteiger partial charge in [-0.25, -0.2) is 0 Å². The van der Waals surface area contributed by atoms with Crippen LogP contribution in [0.4, 0.5) is 0 Å². The molecule has 2 rings (SSSR count). The van der Waals surface area contributed by atoms with E-state index in [0.717, 1.165) is 17.1 Å². The number of hydrogen-bond donors (Lipinski definition) is 3. The van der Waals surface area contributed by atoms with Gasteiger partial charge in [-0.3, -0.25) is 0 Å². The van der Waals surface area contributed by atoms with Gasteiger partial charge in [-0.1, -0.05) is 6.07 Å². The van der Waals surface area contributed by atoms with E-state index in [4.69, 9.17) is 14.6 Å². The summed E-state index contributed by atoms with van der Waals surface area (Å²) < 4.78 is 10.5. The molecule has 2 unspecified atom stereocenters. The summed E-state index contributed by atoms with van der Waals surface area (Å²) in [4.78, 5) is 0. The maximum Gasteiger partial charge on any atom is 0.231 e. The van der Waals surface area contributed by atoms with Crippen LogP contribution in [0.1, 0.15) is 17.2 Å².